The van der Waals surface area contributed by atoms with Crippen molar-refractivity contribution in [2.45, 2.75) is 32.6 Å². The van der Waals surface area contributed by atoms with E-state index in [1.54, 1.807) is 6.92 Å². The topological polar surface area (TPSA) is 136 Å². The molecule has 0 atom stereocenters. The SMILES string of the molecule is C=C(C)C(=O)OCCOCCOCCOCCOCCOCCOC(=O)CCCCC(=O)O. The lowest BCUT2D eigenvalue weighted by atomic mass is 10.2. The summed E-state index contributed by atoms with van der Waals surface area (Å²) in [6.07, 6.45) is 1.23. The van der Waals surface area contributed by atoms with Gasteiger partial charge in [0, 0.05) is 18.4 Å². The fraction of sp³-hybridized carbons (Fsp3) is 0.773. The van der Waals surface area contributed by atoms with E-state index in [1.807, 2.05) is 0 Å². The van der Waals surface area contributed by atoms with Gasteiger partial charge in [-0.1, -0.05) is 6.58 Å². The van der Waals surface area contributed by atoms with Crippen LogP contribution in [0.2, 0.25) is 0 Å². The third-order valence-electron chi connectivity index (χ3n) is 3.81. The minimum atomic E-state index is -0.865. The Morgan fingerprint density at radius 1 is 0.606 bits per heavy atom. The van der Waals surface area contributed by atoms with Gasteiger partial charge in [-0.3, -0.25) is 9.59 Å². The second-order valence-electron chi connectivity index (χ2n) is 6.80. The maximum absolute atomic E-state index is 11.4. The molecule has 0 heterocycles. The molecule has 0 rings (SSSR count). The Kier molecular flexibility index (Phi) is 21.7. The molecular formula is C22H38O11. The van der Waals surface area contributed by atoms with Gasteiger partial charge in [0.05, 0.1) is 66.1 Å². The van der Waals surface area contributed by atoms with Gasteiger partial charge >= 0.3 is 17.9 Å². The number of hydrogen-bond donors (Lipinski definition) is 1. The predicted octanol–water partition coefficient (Wildman–Crippen LogP) is 1.38. The number of hydrogen-bond acceptors (Lipinski definition) is 10. The monoisotopic (exact) mass is 478 g/mol. The van der Waals surface area contributed by atoms with Gasteiger partial charge < -0.3 is 38.3 Å². The van der Waals surface area contributed by atoms with Crippen LogP contribution >= 0.6 is 0 Å². The van der Waals surface area contributed by atoms with E-state index in [9.17, 15) is 14.4 Å². The van der Waals surface area contributed by atoms with Crippen molar-refractivity contribution in [3.05, 3.63) is 12.2 Å². The van der Waals surface area contributed by atoms with E-state index in [0.29, 0.717) is 77.9 Å². The summed E-state index contributed by atoms with van der Waals surface area (Å²) in [4.78, 5) is 32.9. The fourth-order valence-corrected chi connectivity index (χ4v) is 2.13. The van der Waals surface area contributed by atoms with Gasteiger partial charge in [0.2, 0.25) is 0 Å². The second kappa shape index (κ2) is 23.1. The predicted molar refractivity (Wildman–Crippen MR) is 117 cm³/mol. The van der Waals surface area contributed by atoms with Crippen molar-refractivity contribution in [3.8, 4) is 0 Å². The Morgan fingerprint density at radius 2 is 0.970 bits per heavy atom. The third-order valence-corrected chi connectivity index (χ3v) is 3.81. The first-order valence-electron chi connectivity index (χ1n) is 11.0. The standard InChI is InChI=1S/C22H38O11/c1-19(2)22(26)33-18-16-31-14-12-29-10-8-27-7-9-28-11-13-30-15-17-32-21(25)6-4-3-5-20(23)24/h1,3-18H2,2H3,(H,23,24). The molecule has 0 aromatic heterocycles. The Bertz CT molecular complexity index is 536. The molecule has 0 aliphatic rings. The van der Waals surface area contributed by atoms with E-state index < -0.39 is 11.9 Å². The highest BCUT2D eigenvalue weighted by Gasteiger charge is 2.04. The molecule has 0 saturated heterocycles. The number of unbranched alkanes of at least 4 members (excludes halogenated alkanes) is 1. The first kappa shape index (κ1) is 30.9. The fourth-order valence-electron chi connectivity index (χ4n) is 2.13. The van der Waals surface area contributed by atoms with Crippen molar-refractivity contribution in [1.29, 1.82) is 0 Å². The second-order valence-corrected chi connectivity index (χ2v) is 6.80. The van der Waals surface area contributed by atoms with Crippen LogP contribution in [-0.2, 0) is 47.5 Å². The first-order chi connectivity index (χ1) is 15.9. The van der Waals surface area contributed by atoms with Gasteiger partial charge in [0.15, 0.2) is 0 Å². The van der Waals surface area contributed by atoms with Crippen LogP contribution in [-0.4, -0.2) is 102 Å². The Balaban J connectivity index is 3.17. The molecule has 11 heteroatoms. The van der Waals surface area contributed by atoms with Gasteiger partial charge in [0.1, 0.15) is 13.2 Å². The number of carbonyl (C=O) groups excluding carboxylic acids is 2. The van der Waals surface area contributed by atoms with Crippen molar-refractivity contribution < 1.29 is 52.6 Å². The first-order valence-corrected chi connectivity index (χ1v) is 11.0. The zero-order valence-corrected chi connectivity index (χ0v) is 19.6. The zero-order chi connectivity index (χ0) is 24.6. The summed E-state index contributed by atoms with van der Waals surface area (Å²) >= 11 is 0. The lowest BCUT2D eigenvalue weighted by Gasteiger charge is -2.08. The Morgan fingerprint density at radius 3 is 1.36 bits per heavy atom. The van der Waals surface area contributed by atoms with Crippen molar-refractivity contribution in [3.63, 3.8) is 0 Å². The normalized spacial score (nSPS) is 10.7. The molecule has 0 aliphatic carbocycles. The van der Waals surface area contributed by atoms with Crippen LogP contribution in [0, 0.1) is 0 Å². The average molecular weight is 479 g/mol. The van der Waals surface area contributed by atoms with E-state index in [2.05, 4.69) is 6.58 Å². The summed E-state index contributed by atoms with van der Waals surface area (Å²) in [5.41, 5.74) is 0.358. The van der Waals surface area contributed by atoms with E-state index in [1.165, 1.54) is 0 Å². The maximum atomic E-state index is 11.4. The molecule has 0 fully saturated rings. The summed E-state index contributed by atoms with van der Waals surface area (Å²) in [5.74, 6) is -1.64. The number of rotatable bonds is 24. The third kappa shape index (κ3) is 24.4. The highest BCUT2D eigenvalue weighted by Crippen LogP contribution is 2.01. The lowest BCUT2D eigenvalue weighted by Crippen LogP contribution is -2.15. The van der Waals surface area contributed by atoms with Gasteiger partial charge in [-0.2, -0.15) is 0 Å². The van der Waals surface area contributed by atoms with Gasteiger partial charge in [-0.05, 0) is 19.8 Å². The molecule has 0 aromatic carbocycles. The van der Waals surface area contributed by atoms with Crippen LogP contribution in [0.3, 0.4) is 0 Å². The van der Waals surface area contributed by atoms with Crippen molar-refractivity contribution in [1.82, 2.24) is 0 Å². The van der Waals surface area contributed by atoms with Crippen LogP contribution in [0.25, 0.3) is 0 Å². The van der Waals surface area contributed by atoms with Gasteiger partial charge in [-0.15, -0.1) is 0 Å². The Hall–Kier alpha value is -2.05. The number of esters is 2. The average Bonchev–Trinajstić information content (AvgIpc) is 2.77. The van der Waals surface area contributed by atoms with Crippen LogP contribution in [0.15, 0.2) is 12.2 Å². The quantitative estimate of drug-likeness (QED) is 0.122. The summed E-state index contributed by atoms with van der Waals surface area (Å²) in [5, 5.41) is 8.50. The Labute approximate surface area is 195 Å². The molecule has 0 unspecified atom stereocenters. The van der Waals surface area contributed by atoms with Gasteiger partial charge in [-0.25, -0.2) is 4.79 Å². The van der Waals surface area contributed by atoms with E-state index in [-0.39, 0.29) is 38.6 Å². The molecule has 192 valence electrons. The molecule has 0 spiro atoms. The maximum Gasteiger partial charge on any atom is 0.333 e. The molecule has 0 aliphatic heterocycles. The summed E-state index contributed by atoms with van der Waals surface area (Å²) < 4.78 is 36.5. The molecule has 1 N–H and O–H groups in total. The van der Waals surface area contributed by atoms with E-state index in [0.717, 1.165) is 0 Å². The lowest BCUT2D eigenvalue weighted by molar-refractivity contribution is -0.146. The highest BCUT2D eigenvalue weighted by atomic mass is 16.6. The number of carboxylic acid groups (broad SMARTS) is 1. The van der Waals surface area contributed by atoms with Crippen LogP contribution in [0.5, 0.6) is 0 Å². The molecule has 0 bridgehead atoms. The molecular weight excluding hydrogens is 440 g/mol. The minimum absolute atomic E-state index is 0.0592. The molecule has 0 saturated carbocycles. The van der Waals surface area contributed by atoms with Crippen LogP contribution in [0.1, 0.15) is 32.6 Å². The van der Waals surface area contributed by atoms with Crippen LogP contribution in [0.4, 0.5) is 0 Å². The zero-order valence-electron chi connectivity index (χ0n) is 19.6. The number of ether oxygens (including phenoxy) is 7. The number of carbonyl (C=O) groups is 3. The van der Waals surface area contributed by atoms with E-state index in [4.69, 9.17) is 38.3 Å². The molecule has 0 aromatic rings. The smallest absolute Gasteiger partial charge is 0.333 e. The van der Waals surface area contributed by atoms with E-state index >= 15 is 0 Å². The van der Waals surface area contributed by atoms with Crippen molar-refractivity contribution >= 4 is 17.9 Å². The largest absolute Gasteiger partial charge is 0.481 e. The number of carboxylic acids is 1. The minimum Gasteiger partial charge on any atom is -0.481 e. The number of aliphatic carboxylic acids is 1. The van der Waals surface area contributed by atoms with Crippen LogP contribution < -0.4 is 0 Å². The van der Waals surface area contributed by atoms with Gasteiger partial charge in [0.25, 0.3) is 0 Å². The van der Waals surface area contributed by atoms with Crippen molar-refractivity contribution in [2.75, 3.05) is 79.3 Å². The molecule has 0 amide bonds. The summed E-state index contributed by atoms with van der Waals surface area (Å²) in [7, 11) is 0. The molecule has 0 radical (unpaired) electrons. The van der Waals surface area contributed by atoms with Crippen molar-refractivity contribution in [2.24, 2.45) is 0 Å². The summed E-state index contributed by atoms with van der Waals surface area (Å²) in [6, 6.07) is 0. The highest BCUT2D eigenvalue weighted by molar-refractivity contribution is 5.86. The summed E-state index contributed by atoms with van der Waals surface area (Å²) in [6.45, 7) is 9.36. The molecule has 33 heavy (non-hydrogen) atoms. The molecule has 11 nitrogen and oxygen atoms in total.